The number of hydrogen-bond acceptors (Lipinski definition) is 3. The average molecular weight is 380 g/mol. The van der Waals surface area contributed by atoms with E-state index in [-0.39, 0.29) is 31.6 Å². The molecule has 7 nitrogen and oxygen atoms in total. The van der Waals surface area contributed by atoms with Crippen LogP contribution >= 0.6 is 0 Å². The maximum atomic E-state index is 13.4. The second-order valence-corrected chi connectivity index (χ2v) is 6.50. The van der Waals surface area contributed by atoms with Gasteiger partial charge in [-0.3, -0.25) is 9.36 Å². The fourth-order valence-electron chi connectivity index (χ4n) is 3.62. The summed E-state index contributed by atoms with van der Waals surface area (Å²) in [5.41, 5.74) is -1.65. The SMILES string of the molecule is O=C(O)N1CCC(n2c(=O)c(C(F)(F)F)cn3nc4ccccc4c23)CC1. The van der Waals surface area contributed by atoms with Crippen LogP contribution in [0, 0.1) is 0 Å². The van der Waals surface area contributed by atoms with Crippen molar-refractivity contribution in [2.45, 2.75) is 25.1 Å². The molecule has 27 heavy (non-hydrogen) atoms. The van der Waals surface area contributed by atoms with Crippen molar-refractivity contribution in [3.8, 4) is 0 Å². The number of piperidine rings is 1. The molecule has 0 saturated carbocycles. The van der Waals surface area contributed by atoms with Crippen LogP contribution in [0.15, 0.2) is 35.3 Å². The Labute approximate surface area is 150 Å². The van der Waals surface area contributed by atoms with Crippen LogP contribution in [0.4, 0.5) is 18.0 Å². The second-order valence-electron chi connectivity index (χ2n) is 6.50. The maximum absolute atomic E-state index is 13.4. The van der Waals surface area contributed by atoms with E-state index in [4.69, 9.17) is 5.11 Å². The van der Waals surface area contributed by atoms with Crippen LogP contribution in [0.1, 0.15) is 24.4 Å². The first kappa shape index (κ1) is 17.4. The lowest BCUT2D eigenvalue weighted by molar-refractivity contribution is -0.139. The summed E-state index contributed by atoms with van der Waals surface area (Å²) in [4.78, 5) is 25.0. The van der Waals surface area contributed by atoms with Crippen LogP contribution in [-0.4, -0.2) is 43.4 Å². The zero-order valence-electron chi connectivity index (χ0n) is 14.0. The van der Waals surface area contributed by atoms with Gasteiger partial charge in [0, 0.05) is 30.7 Å². The number of carboxylic acid groups (broad SMARTS) is 1. The molecule has 0 unspecified atom stereocenters. The highest BCUT2D eigenvalue weighted by atomic mass is 19.4. The number of nitrogens with zero attached hydrogens (tertiary/aromatic N) is 4. The summed E-state index contributed by atoms with van der Waals surface area (Å²) in [6.07, 6.45) is -4.66. The van der Waals surface area contributed by atoms with Crippen molar-refractivity contribution in [2.24, 2.45) is 0 Å². The van der Waals surface area contributed by atoms with Gasteiger partial charge in [-0.25, -0.2) is 9.31 Å². The molecule has 0 atom stereocenters. The second kappa shape index (κ2) is 6.00. The van der Waals surface area contributed by atoms with Gasteiger partial charge in [-0.1, -0.05) is 12.1 Å². The number of fused-ring (bicyclic) bond motifs is 3. The van der Waals surface area contributed by atoms with Crippen molar-refractivity contribution in [3.05, 3.63) is 46.4 Å². The summed E-state index contributed by atoms with van der Waals surface area (Å²) in [6, 6.07) is 6.26. The Hall–Kier alpha value is -3.04. The van der Waals surface area contributed by atoms with E-state index in [0.717, 1.165) is 15.3 Å². The monoisotopic (exact) mass is 380 g/mol. The molecule has 4 rings (SSSR count). The van der Waals surface area contributed by atoms with E-state index in [1.165, 1.54) is 4.90 Å². The van der Waals surface area contributed by atoms with Crippen LogP contribution in [-0.2, 0) is 6.18 Å². The van der Waals surface area contributed by atoms with Gasteiger partial charge >= 0.3 is 12.3 Å². The minimum atomic E-state index is -4.81. The van der Waals surface area contributed by atoms with Crippen molar-refractivity contribution < 1.29 is 23.1 Å². The van der Waals surface area contributed by atoms with Crippen molar-refractivity contribution >= 4 is 22.6 Å². The molecule has 1 N–H and O–H groups in total. The third kappa shape index (κ3) is 2.81. The summed E-state index contributed by atoms with van der Waals surface area (Å²) >= 11 is 0. The Balaban J connectivity index is 1.95. The Morgan fingerprint density at radius 2 is 1.85 bits per heavy atom. The standard InChI is InChI=1S/C17H15F3N4O3/c18-17(19,20)12-9-23-14(11-3-1-2-4-13(11)21-23)24(15(12)25)10-5-7-22(8-6-10)16(26)27/h1-4,9-10H,5-8H2,(H,26,27). The number of carbonyl (C=O) groups is 1. The van der Waals surface area contributed by atoms with Crippen molar-refractivity contribution in [1.82, 2.24) is 19.1 Å². The van der Waals surface area contributed by atoms with Gasteiger partial charge in [0.25, 0.3) is 5.56 Å². The molecule has 0 radical (unpaired) electrons. The van der Waals surface area contributed by atoms with Crippen LogP contribution in [0.25, 0.3) is 16.6 Å². The topological polar surface area (TPSA) is 79.8 Å². The van der Waals surface area contributed by atoms with E-state index < -0.39 is 29.4 Å². The predicted octanol–water partition coefficient (Wildman–Crippen LogP) is 2.98. The minimum Gasteiger partial charge on any atom is -0.465 e. The lowest BCUT2D eigenvalue weighted by Gasteiger charge is -2.31. The number of amides is 1. The van der Waals surface area contributed by atoms with Gasteiger partial charge in [-0.05, 0) is 25.0 Å². The lowest BCUT2D eigenvalue weighted by atomic mass is 10.0. The maximum Gasteiger partial charge on any atom is 0.423 e. The number of alkyl halides is 3. The van der Waals surface area contributed by atoms with Crippen LogP contribution in [0.2, 0.25) is 0 Å². The molecule has 3 heterocycles. The first-order valence-electron chi connectivity index (χ1n) is 8.35. The fourth-order valence-corrected chi connectivity index (χ4v) is 3.62. The number of rotatable bonds is 1. The normalized spacial score (nSPS) is 16.3. The molecule has 2 aromatic heterocycles. The van der Waals surface area contributed by atoms with Gasteiger partial charge in [0.1, 0.15) is 11.2 Å². The number of hydrogen-bond donors (Lipinski definition) is 1. The summed E-state index contributed by atoms with van der Waals surface area (Å²) in [5, 5.41) is 13.8. The summed E-state index contributed by atoms with van der Waals surface area (Å²) in [6.45, 7) is 0.307. The molecule has 1 aromatic carbocycles. The van der Waals surface area contributed by atoms with Gasteiger partial charge in [0.2, 0.25) is 0 Å². The van der Waals surface area contributed by atoms with Gasteiger partial charge in [-0.15, -0.1) is 0 Å². The number of halogens is 3. The zero-order valence-corrected chi connectivity index (χ0v) is 14.0. The average Bonchev–Trinajstić information content (AvgIpc) is 2.99. The molecule has 1 saturated heterocycles. The first-order valence-corrected chi connectivity index (χ1v) is 8.35. The molecular weight excluding hydrogens is 365 g/mol. The van der Waals surface area contributed by atoms with E-state index in [1.54, 1.807) is 24.3 Å². The molecule has 1 amide bonds. The summed E-state index contributed by atoms with van der Waals surface area (Å²) in [7, 11) is 0. The summed E-state index contributed by atoms with van der Waals surface area (Å²) in [5.74, 6) is 0. The van der Waals surface area contributed by atoms with Crippen LogP contribution < -0.4 is 5.56 Å². The lowest BCUT2D eigenvalue weighted by Crippen LogP contribution is -2.41. The van der Waals surface area contributed by atoms with E-state index in [9.17, 15) is 22.8 Å². The van der Waals surface area contributed by atoms with Crippen molar-refractivity contribution in [1.29, 1.82) is 0 Å². The minimum absolute atomic E-state index is 0.154. The van der Waals surface area contributed by atoms with Gasteiger partial charge in [0.15, 0.2) is 0 Å². The van der Waals surface area contributed by atoms with Gasteiger partial charge in [-0.2, -0.15) is 18.3 Å². The number of likely N-dealkylation sites (tertiary alicyclic amines) is 1. The summed E-state index contributed by atoms with van der Waals surface area (Å²) < 4.78 is 42.5. The number of aromatic nitrogens is 3. The molecule has 3 aromatic rings. The van der Waals surface area contributed by atoms with E-state index in [0.29, 0.717) is 10.9 Å². The predicted molar refractivity (Wildman–Crippen MR) is 89.8 cm³/mol. The Bertz CT molecular complexity index is 1090. The molecule has 0 spiro atoms. The van der Waals surface area contributed by atoms with E-state index in [2.05, 4.69) is 5.10 Å². The Morgan fingerprint density at radius 3 is 2.48 bits per heavy atom. The molecule has 10 heteroatoms. The highest BCUT2D eigenvalue weighted by Crippen LogP contribution is 2.31. The molecule has 142 valence electrons. The van der Waals surface area contributed by atoms with Crippen molar-refractivity contribution in [2.75, 3.05) is 13.1 Å². The van der Waals surface area contributed by atoms with Crippen LogP contribution in [0.3, 0.4) is 0 Å². The highest BCUT2D eigenvalue weighted by Gasteiger charge is 2.37. The molecular formula is C17H15F3N4O3. The highest BCUT2D eigenvalue weighted by molar-refractivity contribution is 5.92. The third-order valence-corrected chi connectivity index (χ3v) is 4.91. The van der Waals surface area contributed by atoms with Crippen LogP contribution in [0.5, 0.6) is 0 Å². The number of benzene rings is 1. The smallest absolute Gasteiger partial charge is 0.423 e. The molecule has 1 aliphatic rings. The van der Waals surface area contributed by atoms with E-state index in [1.807, 2.05) is 0 Å². The van der Waals surface area contributed by atoms with Gasteiger partial charge < -0.3 is 10.0 Å². The zero-order chi connectivity index (χ0) is 19.3. The van der Waals surface area contributed by atoms with E-state index >= 15 is 0 Å². The fraction of sp³-hybridized carbons (Fsp3) is 0.353. The quantitative estimate of drug-likeness (QED) is 0.704. The molecule has 0 bridgehead atoms. The molecule has 0 aliphatic carbocycles. The largest absolute Gasteiger partial charge is 0.465 e. The third-order valence-electron chi connectivity index (χ3n) is 4.91. The molecule has 1 fully saturated rings. The molecule has 1 aliphatic heterocycles. The first-order chi connectivity index (χ1) is 12.8. The Kier molecular flexibility index (Phi) is 3.86. The van der Waals surface area contributed by atoms with Crippen molar-refractivity contribution in [3.63, 3.8) is 0 Å². The van der Waals surface area contributed by atoms with Gasteiger partial charge in [0.05, 0.1) is 5.52 Å². The Morgan fingerprint density at radius 1 is 1.19 bits per heavy atom.